The predicted octanol–water partition coefficient (Wildman–Crippen LogP) is 3.04. The topological polar surface area (TPSA) is 58.6 Å². The van der Waals surface area contributed by atoms with Crippen LogP contribution in [0, 0.1) is 0 Å². The summed E-state index contributed by atoms with van der Waals surface area (Å²) in [5, 5.41) is 3.07. The van der Waals surface area contributed by atoms with Gasteiger partial charge in [0.2, 0.25) is 5.91 Å². The van der Waals surface area contributed by atoms with E-state index in [1.807, 2.05) is 42.5 Å². The van der Waals surface area contributed by atoms with Crippen molar-refractivity contribution < 1.29 is 14.3 Å². The Hall–Kier alpha value is -2.82. The molecular weight excluding hydrogens is 340 g/mol. The third kappa shape index (κ3) is 3.54. The van der Waals surface area contributed by atoms with Gasteiger partial charge < -0.3 is 15.0 Å². The molecule has 4 rings (SSSR count). The molecule has 140 valence electrons. The Kier molecular flexibility index (Phi) is 4.60. The molecule has 1 aliphatic heterocycles. The van der Waals surface area contributed by atoms with Crippen molar-refractivity contribution >= 4 is 17.5 Å². The molecule has 1 saturated carbocycles. The minimum absolute atomic E-state index is 0.0263. The molecule has 2 aromatic carbocycles. The lowest BCUT2D eigenvalue weighted by atomic mass is 9.96. The zero-order valence-corrected chi connectivity index (χ0v) is 15.5. The number of nitrogens with one attached hydrogen (secondary N) is 1. The molecule has 1 heterocycles. The highest BCUT2D eigenvalue weighted by atomic mass is 16.5. The fourth-order valence-electron chi connectivity index (χ4n) is 3.67. The quantitative estimate of drug-likeness (QED) is 0.857. The van der Waals surface area contributed by atoms with Gasteiger partial charge in [-0.1, -0.05) is 42.5 Å². The van der Waals surface area contributed by atoms with E-state index in [0.717, 1.165) is 18.5 Å². The number of anilines is 1. The van der Waals surface area contributed by atoms with Gasteiger partial charge in [-0.3, -0.25) is 9.59 Å². The number of hydrogen-bond donors (Lipinski definition) is 1. The second kappa shape index (κ2) is 7.06. The highest BCUT2D eigenvalue weighted by Gasteiger charge is 2.44. The van der Waals surface area contributed by atoms with Crippen molar-refractivity contribution in [2.45, 2.75) is 37.7 Å². The molecule has 0 bridgehead atoms. The van der Waals surface area contributed by atoms with Crippen LogP contribution in [0.1, 0.15) is 31.7 Å². The van der Waals surface area contributed by atoms with Crippen molar-refractivity contribution in [3.63, 3.8) is 0 Å². The van der Waals surface area contributed by atoms with E-state index < -0.39 is 6.10 Å². The molecule has 1 aliphatic carbocycles. The number of ether oxygens (including phenoxy) is 1. The molecule has 27 heavy (non-hydrogen) atoms. The van der Waals surface area contributed by atoms with Crippen LogP contribution in [0.25, 0.3) is 0 Å². The molecule has 1 atom stereocenters. The van der Waals surface area contributed by atoms with Gasteiger partial charge >= 0.3 is 0 Å². The SMILES string of the molecule is C[C@H]1Oc2ccccc2N(CCC(=O)NCC2(c3ccccc3)CC2)C1=O. The number of carbonyl (C=O) groups excluding carboxylic acids is 2. The molecule has 0 unspecified atom stereocenters. The fourth-order valence-corrected chi connectivity index (χ4v) is 3.67. The summed E-state index contributed by atoms with van der Waals surface area (Å²) in [5.41, 5.74) is 2.11. The van der Waals surface area contributed by atoms with Crippen molar-refractivity contribution in [2.24, 2.45) is 0 Å². The molecule has 0 spiro atoms. The fraction of sp³-hybridized carbons (Fsp3) is 0.364. The third-order valence-electron chi connectivity index (χ3n) is 5.50. The molecular formula is C22H24N2O3. The van der Waals surface area contributed by atoms with Crippen LogP contribution in [0.3, 0.4) is 0 Å². The average molecular weight is 364 g/mol. The van der Waals surface area contributed by atoms with Crippen LogP contribution in [0.2, 0.25) is 0 Å². The first kappa shape index (κ1) is 17.6. The number of hydrogen-bond acceptors (Lipinski definition) is 3. The molecule has 5 nitrogen and oxygen atoms in total. The van der Waals surface area contributed by atoms with Gasteiger partial charge in [0.05, 0.1) is 5.69 Å². The average Bonchev–Trinajstić information content (AvgIpc) is 3.49. The number of para-hydroxylation sites is 2. The number of rotatable bonds is 6. The molecule has 1 fully saturated rings. The summed E-state index contributed by atoms with van der Waals surface area (Å²) in [5.74, 6) is 0.553. The summed E-state index contributed by atoms with van der Waals surface area (Å²) >= 11 is 0. The number of carbonyl (C=O) groups is 2. The molecule has 2 amide bonds. The number of amides is 2. The molecule has 0 aromatic heterocycles. The minimum atomic E-state index is -0.532. The van der Waals surface area contributed by atoms with Gasteiger partial charge in [-0.2, -0.15) is 0 Å². The Bertz CT molecular complexity index is 846. The van der Waals surface area contributed by atoms with E-state index in [-0.39, 0.29) is 23.7 Å². The van der Waals surface area contributed by atoms with Crippen molar-refractivity contribution in [3.05, 3.63) is 60.2 Å². The van der Waals surface area contributed by atoms with Crippen LogP contribution in [-0.4, -0.2) is 31.0 Å². The lowest BCUT2D eigenvalue weighted by Gasteiger charge is -2.32. The monoisotopic (exact) mass is 364 g/mol. The maximum Gasteiger partial charge on any atom is 0.267 e. The zero-order valence-electron chi connectivity index (χ0n) is 15.5. The van der Waals surface area contributed by atoms with E-state index in [1.54, 1.807) is 11.8 Å². The molecule has 0 radical (unpaired) electrons. The highest BCUT2D eigenvalue weighted by molar-refractivity contribution is 6.00. The van der Waals surface area contributed by atoms with E-state index in [2.05, 4.69) is 17.4 Å². The van der Waals surface area contributed by atoms with Gasteiger partial charge in [-0.05, 0) is 37.5 Å². The molecule has 2 aliphatic rings. The van der Waals surface area contributed by atoms with Crippen molar-refractivity contribution in [1.82, 2.24) is 5.32 Å². The van der Waals surface area contributed by atoms with Gasteiger partial charge in [-0.25, -0.2) is 0 Å². The number of benzene rings is 2. The van der Waals surface area contributed by atoms with E-state index in [1.165, 1.54) is 5.56 Å². The standard InChI is InChI=1S/C22H24N2O3/c1-16-21(26)24(18-9-5-6-10-19(18)27-16)14-11-20(25)23-15-22(12-13-22)17-7-3-2-4-8-17/h2-10,16H,11-15H2,1H3,(H,23,25)/t16-/m1/s1. The van der Waals surface area contributed by atoms with Crippen LogP contribution in [0.4, 0.5) is 5.69 Å². The van der Waals surface area contributed by atoms with Crippen LogP contribution in [0.5, 0.6) is 5.75 Å². The molecule has 0 saturated heterocycles. The summed E-state index contributed by atoms with van der Waals surface area (Å²) < 4.78 is 5.64. The van der Waals surface area contributed by atoms with E-state index in [0.29, 0.717) is 18.8 Å². The Morgan fingerprint density at radius 1 is 1.15 bits per heavy atom. The van der Waals surface area contributed by atoms with Crippen molar-refractivity contribution in [1.29, 1.82) is 0 Å². The van der Waals surface area contributed by atoms with Crippen molar-refractivity contribution in [2.75, 3.05) is 18.0 Å². The number of fused-ring (bicyclic) bond motifs is 1. The summed E-state index contributed by atoms with van der Waals surface area (Å²) in [6.45, 7) is 2.75. The minimum Gasteiger partial charge on any atom is -0.479 e. The van der Waals surface area contributed by atoms with Gasteiger partial charge in [0.15, 0.2) is 6.10 Å². The predicted molar refractivity (Wildman–Crippen MR) is 104 cm³/mol. The van der Waals surface area contributed by atoms with Gasteiger partial charge in [0, 0.05) is 24.9 Å². The van der Waals surface area contributed by atoms with Crippen LogP contribution < -0.4 is 15.0 Å². The maximum atomic E-state index is 12.5. The Balaban J connectivity index is 1.35. The second-order valence-electron chi connectivity index (χ2n) is 7.39. The zero-order chi connectivity index (χ0) is 18.9. The Morgan fingerprint density at radius 2 is 1.85 bits per heavy atom. The molecule has 1 N–H and O–H groups in total. The number of nitrogens with zero attached hydrogens (tertiary/aromatic N) is 1. The van der Waals surface area contributed by atoms with E-state index >= 15 is 0 Å². The normalized spacial score (nSPS) is 19.8. The lowest BCUT2D eigenvalue weighted by molar-refractivity contribution is -0.125. The second-order valence-corrected chi connectivity index (χ2v) is 7.39. The van der Waals surface area contributed by atoms with Gasteiger partial charge in [0.25, 0.3) is 5.91 Å². The third-order valence-corrected chi connectivity index (χ3v) is 5.50. The largest absolute Gasteiger partial charge is 0.479 e. The van der Waals surface area contributed by atoms with Crippen LogP contribution in [-0.2, 0) is 15.0 Å². The summed E-state index contributed by atoms with van der Waals surface area (Å²) in [7, 11) is 0. The molecule has 2 aromatic rings. The van der Waals surface area contributed by atoms with E-state index in [4.69, 9.17) is 4.74 Å². The lowest BCUT2D eigenvalue weighted by Crippen LogP contribution is -2.46. The maximum absolute atomic E-state index is 12.5. The van der Waals surface area contributed by atoms with Gasteiger partial charge in [-0.15, -0.1) is 0 Å². The first-order valence-electron chi connectivity index (χ1n) is 9.48. The smallest absolute Gasteiger partial charge is 0.267 e. The van der Waals surface area contributed by atoms with E-state index in [9.17, 15) is 9.59 Å². The summed E-state index contributed by atoms with van der Waals surface area (Å²) in [6, 6.07) is 17.8. The highest BCUT2D eigenvalue weighted by Crippen LogP contribution is 2.47. The summed E-state index contributed by atoms with van der Waals surface area (Å²) in [6.07, 6.45) is 1.95. The van der Waals surface area contributed by atoms with Crippen LogP contribution in [0.15, 0.2) is 54.6 Å². The van der Waals surface area contributed by atoms with Gasteiger partial charge in [0.1, 0.15) is 5.75 Å². The Labute approximate surface area is 159 Å². The first-order valence-corrected chi connectivity index (χ1v) is 9.48. The molecule has 5 heteroatoms. The first-order chi connectivity index (χ1) is 13.1. The Morgan fingerprint density at radius 3 is 2.59 bits per heavy atom. The van der Waals surface area contributed by atoms with Crippen molar-refractivity contribution in [3.8, 4) is 5.75 Å². The summed E-state index contributed by atoms with van der Waals surface area (Å²) in [4.78, 5) is 26.6. The van der Waals surface area contributed by atoms with Crippen LogP contribution >= 0.6 is 0 Å².